The zero-order valence-electron chi connectivity index (χ0n) is 13.8. The van der Waals surface area contributed by atoms with Crippen molar-refractivity contribution in [1.29, 1.82) is 0 Å². The summed E-state index contributed by atoms with van der Waals surface area (Å²) in [5, 5.41) is 0.721. The van der Waals surface area contributed by atoms with E-state index in [-0.39, 0.29) is 12.1 Å². The predicted octanol–water partition coefficient (Wildman–Crippen LogP) is 3.15. The lowest BCUT2D eigenvalue weighted by Gasteiger charge is -2.40. The van der Waals surface area contributed by atoms with E-state index < -0.39 is 5.60 Å². The zero-order chi connectivity index (χ0) is 16.6. The molecule has 1 unspecified atom stereocenters. The SMILES string of the molecule is CC(C)(C)OC(=O)N1CCN2Cc3cc(Cl)ccc3OCC2C1. The lowest BCUT2D eigenvalue weighted by Crippen LogP contribution is -2.56. The minimum absolute atomic E-state index is 0.169. The quantitative estimate of drug-likeness (QED) is 0.728. The van der Waals surface area contributed by atoms with Gasteiger partial charge in [-0.1, -0.05) is 11.6 Å². The van der Waals surface area contributed by atoms with Crippen molar-refractivity contribution in [3.05, 3.63) is 28.8 Å². The molecule has 0 aromatic heterocycles. The second-order valence-corrected chi connectivity index (χ2v) is 7.55. The van der Waals surface area contributed by atoms with Crippen LogP contribution in [0.4, 0.5) is 4.79 Å². The highest BCUT2D eigenvalue weighted by atomic mass is 35.5. The second-order valence-electron chi connectivity index (χ2n) is 7.11. The van der Waals surface area contributed by atoms with Gasteiger partial charge in [0, 0.05) is 36.8 Å². The summed E-state index contributed by atoms with van der Waals surface area (Å²) in [4.78, 5) is 16.4. The van der Waals surface area contributed by atoms with Crippen LogP contribution in [0.15, 0.2) is 18.2 Å². The van der Waals surface area contributed by atoms with Gasteiger partial charge in [-0.2, -0.15) is 0 Å². The third-order valence-corrected chi connectivity index (χ3v) is 4.32. The Morgan fingerprint density at radius 1 is 1.35 bits per heavy atom. The summed E-state index contributed by atoms with van der Waals surface area (Å²) in [5.41, 5.74) is 0.631. The number of nitrogens with zero attached hydrogens (tertiary/aromatic N) is 2. The van der Waals surface area contributed by atoms with E-state index in [0.717, 1.165) is 29.4 Å². The van der Waals surface area contributed by atoms with Gasteiger partial charge in [-0.3, -0.25) is 4.90 Å². The molecule has 1 amide bonds. The van der Waals surface area contributed by atoms with Crippen molar-refractivity contribution in [1.82, 2.24) is 9.80 Å². The highest BCUT2D eigenvalue weighted by molar-refractivity contribution is 6.30. The molecule has 1 atom stereocenters. The van der Waals surface area contributed by atoms with Crippen LogP contribution in [0.1, 0.15) is 26.3 Å². The molecule has 0 saturated carbocycles. The van der Waals surface area contributed by atoms with Crippen molar-refractivity contribution in [2.75, 3.05) is 26.2 Å². The largest absolute Gasteiger partial charge is 0.492 e. The number of carbonyl (C=O) groups is 1. The van der Waals surface area contributed by atoms with Gasteiger partial charge in [-0.15, -0.1) is 0 Å². The van der Waals surface area contributed by atoms with E-state index in [1.54, 1.807) is 4.90 Å². The number of amides is 1. The van der Waals surface area contributed by atoms with Gasteiger partial charge in [0.2, 0.25) is 0 Å². The molecule has 0 radical (unpaired) electrons. The molecule has 6 heteroatoms. The van der Waals surface area contributed by atoms with E-state index in [1.807, 2.05) is 39.0 Å². The van der Waals surface area contributed by atoms with E-state index in [2.05, 4.69) is 4.90 Å². The number of piperazine rings is 1. The Hall–Kier alpha value is -1.46. The van der Waals surface area contributed by atoms with Crippen molar-refractivity contribution in [2.24, 2.45) is 0 Å². The summed E-state index contributed by atoms with van der Waals surface area (Å²) in [5.74, 6) is 0.882. The smallest absolute Gasteiger partial charge is 0.410 e. The Balaban J connectivity index is 1.68. The molecule has 0 N–H and O–H groups in total. The maximum Gasteiger partial charge on any atom is 0.410 e. The number of rotatable bonds is 0. The number of benzene rings is 1. The topological polar surface area (TPSA) is 42.0 Å². The number of hydrogen-bond acceptors (Lipinski definition) is 4. The van der Waals surface area contributed by atoms with Crippen LogP contribution in [0.25, 0.3) is 0 Å². The van der Waals surface area contributed by atoms with Gasteiger partial charge >= 0.3 is 6.09 Å². The van der Waals surface area contributed by atoms with E-state index in [9.17, 15) is 4.79 Å². The molecule has 0 aliphatic carbocycles. The average Bonchev–Trinajstić information content (AvgIpc) is 2.63. The fourth-order valence-electron chi connectivity index (χ4n) is 2.97. The van der Waals surface area contributed by atoms with Crippen LogP contribution in [0.2, 0.25) is 5.02 Å². The van der Waals surface area contributed by atoms with Crippen molar-refractivity contribution in [2.45, 2.75) is 39.0 Å². The van der Waals surface area contributed by atoms with Gasteiger partial charge < -0.3 is 14.4 Å². The van der Waals surface area contributed by atoms with Crippen LogP contribution in [0, 0.1) is 0 Å². The summed E-state index contributed by atoms with van der Waals surface area (Å²) in [7, 11) is 0. The molecular formula is C17H23ClN2O3. The van der Waals surface area contributed by atoms with E-state index in [1.165, 1.54) is 0 Å². The van der Waals surface area contributed by atoms with Crippen LogP contribution in [0.5, 0.6) is 5.75 Å². The molecule has 3 rings (SSSR count). The molecule has 2 aliphatic heterocycles. The number of fused-ring (bicyclic) bond motifs is 2. The summed E-state index contributed by atoms with van der Waals surface area (Å²) in [6, 6.07) is 5.89. The highest BCUT2D eigenvalue weighted by Gasteiger charge is 2.34. The van der Waals surface area contributed by atoms with Crippen LogP contribution < -0.4 is 4.74 Å². The van der Waals surface area contributed by atoms with Gasteiger partial charge in [0.05, 0.1) is 6.04 Å². The molecule has 1 aromatic rings. The first-order valence-electron chi connectivity index (χ1n) is 7.95. The molecule has 1 fully saturated rings. The van der Waals surface area contributed by atoms with Crippen LogP contribution >= 0.6 is 11.6 Å². The standard InChI is InChI=1S/C17H23ClN2O3/c1-17(2,3)23-16(21)20-7-6-19-9-12-8-13(18)4-5-15(12)22-11-14(19)10-20/h4-5,8,14H,6-7,9-11H2,1-3H3. The molecule has 1 saturated heterocycles. The predicted molar refractivity (Wildman–Crippen MR) is 89.0 cm³/mol. The maximum atomic E-state index is 12.3. The van der Waals surface area contributed by atoms with Gasteiger partial charge in [-0.05, 0) is 39.0 Å². The number of halogens is 1. The van der Waals surface area contributed by atoms with E-state index in [4.69, 9.17) is 21.1 Å². The minimum atomic E-state index is -0.471. The van der Waals surface area contributed by atoms with Crippen molar-refractivity contribution in [3.8, 4) is 5.75 Å². The number of carbonyl (C=O) groups excluding carboxylic acids is 1. The second kappa shape index (κ2) is 6.21. The number of hydrogen-bond donors (Lipinski definition) is 0. The Kier molecular flexibility index (Phi) is 4.43. The zero-order valence-corrected chi connectivity index (χ0v) is 14.6. The van der Waals surface area contributed by atoms with Gasteiger partial charge in [0.15, 0.2) is 0 Å². The molecule has 2 heterocycles. The fraction of sp³-hybridized carbons (Fsp3) is 0.588. The molecule has 126 valence electrons. The van der Waals surface area contributed by atoms with Crippen LogP contribution in [-0.2, 0) is 11.3 Å². The molecule has 5 nitrogen and oxygen atoms in total. The third-order valence-electron chi connectivity index (χ3n) is 4.08. The van der Waals surface area contributed by atoms with Crippen molar-refractivity contribution < 1.29 is 14.3 Å². The molecule has 2 aliphatic rings. The first kappa shape index (κ1) is 16.4. The summed E-state index contributed by atoms with van der Waals surface area (Å²) >= 11 is 6.09. The monoisotopic (exact) mass is 338 g/mol. The van der Waals surface area contributed by atoms with Crippen LogP contribution in [-0.4, -0.2) is 53.8 Å². The molecule has 0 bridgehead atoms. The minimum Gasteiger partial charge on any atom is -0.492 e. The van der Waals surface area contributed by atoms with Crippen molar-refractivity contribution in [3.63, 3.8) is 0 Å². The normalized spacial score (nSPS) is 21.7. The fourth-order valence-corrected chi connectivity index (χ4v) is 3.16. The molecule has 23 heavy (non-hydrogen) atoms. The lowest BCUT2D eigenvalue weighted by atomic mass is 10.1. The molecule has 0 spiro atoms. The van der Waals surface area contributed by atoms with Crippen molar-refractivity contribution >= 4 is 17.7 Å². The van der Waals surface area contributed by atoms with Gasteiger partial charge in [0.25, 0.3) is 0 Å². The first-order chi connectivity index (χ1) is 10.8. The highest BCUT2D eigenvalue weighted by Crippen LogP contribution is 2.29. The summed E-state index contributed by atoms with van der Waals surface area (Å²) in [6.45, 7) is 9.11. The Morgan fingerprint density at radius 3 is 2.87 bits per heavy atom. The lowest BCUT2D eigenvalue weighted by molar-refractivity contribution is -0.00154. The third kappa shape index (κ3) is 3.90. The average molecular weight is 339 g/mol. The number of ether oxygens (including phenoxy) is 2. The van der Waals surface area contributed by atoms with Gasteiger partial charge in [-0.25, -0.2) is 4.79 Å². The first-order valence-corrected chi connectivity index (χ1v) is 8.33. The van der Waals surface area contributed by atoms with E-state index in [0.29, 0.717) is 19.7 Å². The molecule has 1 aromatic carbocycles. The van der Waals surface area contributed by atoms with Gasteiger partial charge in [0.1, 0.15) is 18.0 Å². The van der Waals surface area contributed by atoms with E-state index >= 15 is 0 Å². The maximum absolute atomic E-state index is 12.3. The summed E-state index contributed by atoms with van der Waals surface area (Å²) < 4.78 is 11.4. The Labute approximate surface area is 142 Å². The molecular weight excluding hydrogens is 316 g/mol. The van der Waals surface area contributed by atoms with Crippen LogP contribution in [0.3, 0.4) is 0 Å². The Morgan fingerprint density at radius 2 is 2.13 bits per heavy atom. The Bertz CT molecular complexity index is 600. The summed E-state index contributed by atoms with van der Waals surface area (Å²) in [6.07, 6.45) is -0.248.